The molecule has 2 aliphatic heterocycles. The van der Waals surface area contributed by atoms with Crippen LogP contribution in [0.1, 0.15) is 24.4 Å². The van der Waals surface area contributed by atoms with Gasteiger partial charge in [0.15, 0.2) is 0 Å². The number of nitrogens with one attached hydrogen (secondary N) is 2. The number of anilines is 1. The van der Waals surface area contributed by atoms with Crippen LogP contribution in [-0.4, -0.2) is 41.5 Å². The average Bonchev–Trinajstić information content (AvgIpc) is 3.27. The fourth-order valence-corrected chi connectivity index (χ4v) is 4.47. The summed E-state index contributed by atoms with van der Waals surface area (Å²) in [7, 11) is 0. The van der Waals surface area contributed by atoms with E-state index in [4.69, 9.17) is 0 Å². The van der Waals surface area contributed by atoms with Crippen molar-refractivity contribution in [3.8, 4) is 5.75 Å². The van der Waals surface area contributed by atoms with E-state index < -0.39 is 0 Å². The fourth-order valence-electron chi connectivity index (χ4n) is 4.47. The van der Waals surface area contributed by atoms with Gasteiger partial charge in [-0.1, -0.05) is 18.2 Å². The zero-order chi connectivity index (χ0) is 20.4. The van der Waals surface area contributed by atoms with Gasteiger partial charge in [-0.2, -0.15) is 0 Å². The molecule has 0 saturated carbocycles. The minimum Gasteiger partial charge on any atom is -0.508 e. The van der Waals surface area contributed by atoms with E-state index in [1.54, 1.807) is 18.2 Å². The van der Waals surface area contributed by atoms with Gasteiger partial charge in [0.2, 0.25) is 11.8 Å². The quantitative estimate of drug-likeness (QED) is 0.725. The minimum absolute atomic E-state index is 0.0500. The van der Waals surface area contributed by atoms with Crippen molar-refractivity contribution in [3.05, 3.63) is 59.9 Å². The Labute approximate surface area is 168 Å². The minimum atomic E-state index is -0.310. The van der Waals surface area contributed by atoms with E-state index in [0.29, 0.717) is 18.2 Å². The molecule has 3 atom stereocenters. The topological polar surface area (TPSA) is 81.7 Å². The molecular weight excluding hydrogens is 373 g/mol. The summed E-state index contributed by atoms with van der Waals surface area (Å²) in [5, 5.41) is 15.5. The Balaban J connectivity index is 1.42. The van der Waals surface area contributed by atoms with Gasteiger partial charge in [0.05, 0.1) is 6.04 Å². The van der Waals surface area contributed by atoms with Crippen molar-refractivity contribution >= 4 is 17.5 Å². The Bertz CT molecular complexity index is 920. The summed E-state index contributed by atoms with van der Waals surface area (Å²) in [5.41, 5.74) is 1.29. The molecule has 2 aromatic carbocycles. The fraction of sp³-hybridized carbons (Fsp3) is 0.364. The van der Waals surface area contributed by atoms with Crippen molar-refractivity contribution in [1.82, 2.24) is 10.2 Å². The monoisotopic (exact) mass is 397 g/mol. The van der Waals surface area contributed by atoms with Gasteiger partial charge in [0.25, 0.3) is 0 Å². The predicted octanol–water partition coefficient (Wildman–Crippen LogP) is 2.67. The molecule has 152 valence electrons. The molecule has 2 aromatic rings. The third-order valence-electron chi connectivity index (χ3n) is 5.77. The molecule has 0 unspecified atom stereocenters. The molecule has 2 fully saturated rings. The standard InChI is InChI=1S/C22H24FN3O3/c23-16-4-1-3-14(9-16)22-19-12-24-11-15(19)13-26(22)21(29)8-7-20(28)25-17-5-2-6-18(27)10-17/h1-6,9-10,15,19,22,24,27H,7-8,11-13H2,(H,25,28)/t15-,19-,22+/m0/s1. The summed E-state index contributed by atoms with van der Waals surface area (Å²) < 4.78 is 13.8. The molecule has 3 N–H and O–H groups in total. The van der Waals surface area contributed by atoms with Crippen molar-refractivity contribution in [2.45, 2.75) is 18.9 Å². The van der Waals surface area contributed by atoms with Crippen molar-refractivity contribution in [2.75, 3.05) is 25.0 Å². The molecule has 29 heavy (non-hydrogen) atoms. The Morgan fingerprint density at radius 1 is 1.14 bits per heavy atom. The number of hydrogen-bond donors (Lipinski definition) is 3. The van der Waals surface area contributed by atoms with Crippen LogP contribution in [0.4, 0.5) is 10.1 Å². The van der Waals surface area contributed by atoms with Gasteiger partial charge in [-0.3, -0.25) is 9.59 Å². The maximum absolute atomic E-state index is 13.8. The van der Waals surface area contributed by atoms with E-state index in [-0.39, 0.29) is 48.2 Å². The highest BCUT2D eigenvalue weighted by molar-refractivity contribution is 5.93. The maximum Gasteiger partial charge on any atom is 0.224 e. The van der Waals surface area contributed by atoms with E-state index >= 15 is 0 Å². The number of carbonyl (C=O) groups is 2. The third-order valence-corrected chi connectivity index (χ3v) is 5.77. The molecule has 0 bridgehead atoms. The van der Waals surface area contributed by atoms with Crippen molar-refractivity contribution in [2.24, 2.45) is 11.8 Å². The first-order chi connectivity index (χ1) is 14.0. The highest BCUT2D eigenvalue weighted by Crippen LogP contribution is 2.43. The van der Waals surface area contributed by atoms with Crippen LogP contribution in [0.25, 0.3) is 0 Å². The largest absolute Gasteiger partial charge is 0.508 e. The summed E-state index contributed by atoms with van der Waals surface area (Å²) >= 11 is 0. The summed E-state index contributed by atoms with van der Waals surface area (Å²) in [6.45, 7) is 2.26. The molecule has 0 spiro atoms. The number of aromatic hydroxyl groups is 1. The first kappa shape index (κ1) is 19.4. The van der Waals surface area contributed by atoms with Gasteiger partial charge in [-0.05, 0) is 35.7 Å². The number of phenolic OH excluding ortho intramolecular Hbond substituents is 1. The van der Waals surface area contributed by atoms with Gasteiger partial charge >= 0.3 is 0 Å². The van der Waals surface area contributed by atoms with Crippen molar-refractivity contribution in [3.63, 3.8) is 0 Å². The molecule has 6 nitrogen and oxygen atoms in total. The number of likely N-dealkylation sites (tertiary alicyclic amines) is 1. The van der Waals surface area contributed by atoms with Crippen LogP contribution in [0.5, 0.6) is 5.75 Å². The Morgan fingerprint density at radius 3 is 2.76 bits per heavy atom. The smallest absolute Gasteiger partial charge is 0.224 e. The SMILES string of the molecule is O=C(CCC(=O)N1C[C@@H]2CNC[C@@H]2[C@H]1c1cccc(F)c1)Nc1cccc(O)c1. The van der Waals surface area contributed by atoms with Gasteiger partial charge in [-0.15, -0.1) is 0 Å². The highest BCUT2D eigenvalue weighted by atomic mass is 19.1. The summed E-state index contributed by atoms with van der Waals surface area (Å²) in [5.74, 6) is -0.0360. The predicted molar refractivity (Wildman–Crippen MR) is 107 cm³/mol. The second-order valence-corrected chi connectivity index (χ2v) is 7.73. The Hall–Kier alpha value is -2.93. The number of amides is 2. The number of fused-ring (bicyclic) bond motifs is 1. The van der Waals surface area contributed by atoms with E-state index in [9.17, 15) is 19.1 Å². The van der Waals surface area contributed by atoms with E-state index in [2.05, 4.69) is 10.6 Å². The first-order valence-electron chi connectivity index (χ1n) is 9.86. The molecule has 0 aliphatic carbocycles. The summed E-state index contributed by atoms with van der Waals surface area (Å²) in [6.07, 6.45) is 0.137. The second kappa shape index (κ2) is 8.21. The maximum atomic E-state index is 13.8. The van der Waals surface area contributed by atoms with Gasteiger partial charge < -0.3 is 20.6 Å². The number of nitrogens with zero attached hydrogens (tertiary/aromatic N) is 1. The van der Waals surface area contributed by atoms with Crippen LogP contribution >= 0.6 is 0 Å². The third kappa shape index (κ3) is 4.24. The number of rotatable bonds is 5. The Kier molecular flexibility index (Phi) is 5.49. The normalized spacial score (nSPS) is 23.1. The molecule has 2 saturated heterocycles. The average molecular weight is 397 g/mol. The highest BCUT2D eigenvalue weighted by Gasteiger charge is 2.46. The molecule has 4 rings (SSSR count). The number of phenols is 1. The number of carbonyl (C=O) groups excluding carboxylic acids is 2. The molecule has 0 radical (unpaired) electrons. The Morgan fingerprint density at radius 2 is 1.97 bits per heavy atom. The van der Waals surface area contributed by atoms with Gasteiger partial charge in [0, 0.05) is 50.1 Å². The molecular formula is C22H24FN3O3. The number of halogens is 1. The summed E-state index contributed by atoms with van der Waals surface area (Å²) in [6, 6.07) is 12.5. The van der Waals surface area contributed by atoms with Crippen molar-refractivity contribution < 1.29 is 19.1 Å². The van der Waals surface area contributed by atoms with E-state index in [1.807, 2.05) is 11.0 Å². The van der Waals surface area contributed by atoms with Crippen molar-refractivity contribution in [1.29, 1.82) is 0 Å². The van der Waals surface area contributed by atoms with Gasteiger partial charge in [0.1, 0.15) is 11.6 Å². The molecule has 2 amide bonds. The lowest BCUT2D eigenvalue weighted by Gasteiger charge is -2.28. The van der Waals surface area contributed by atoms with Crippen LogP contribution in [-0.2, 0) is 9.59 Å². The van der Waals surface area contributed by atoms with Crippen LogP contribution in [0.3, 0.4) is 0 Å². The van der Waals surface area contributed by atoms with Gasteiger partial charge in [-0.25, -0.2) is 4.39 Å². The zero-order valence-corrected chi connectivity index (χ0v) is 16.0. The lowest BCUT2D eigenvalue weighted by Crippen LogP contribution is -2.35. The van der Waals surface area contributed by atoms with E-state index in [1.165, 1.54) is 24.3 Å². The molecule has 0 aromatic heterocycles. The molecule has 2 aliphatic rings. The van der Waals surface area contributed by atoms with Crippen LogP contribution in [0, 0.1) is 17.7 Å². The number of benzene rings is 2. The van der Waals surface area contributed by atoms with Crippen LogP contribution in [0.2, 0.25) is 0 Å². The molecule has 7 heteroatoms. The van der Waals surface area contributed by atoms with Crippen LogP contribution < -0.4 is 10.6 Å². The zero-order valence-electron chi connectivity index (χ0n) is 16.0. The lowest BCUT2D eigenvalue weighted by molar-refractivity contribution is -0.134. The van der Waals surface area contributed by atoms with E-state index in [0.717, 1.165) is 18.7 Å². The lowest BCUT2D eigenvalue weighted by atomic mass is 9.89. The number of hydrogen-bond acceptors (Lipinski definition) is 4. The second-order valence-electron chi connectivity index (χ2n) is 7.73. The summed E-state index contributed by atoms with van der Waals surface area (Å²) in [4.78, 5) is 27.0. The first-order valence-corrected chi connectivity index (χ1v) is 9.86. The van der Waals surface area contributed by atoms with Crippen LogP contribution in [0.15, 0.2) is 48.5 Å². The molecule has 2 heterocycles.